The lowest BCUT2D eigenvalue weighted by Crippen LogP contribution is -2.51. The van der Waals surface area contributed by atoms with E-state index in [1.165, 1.54) is 0 Å². The zero-order chi connectivity index (χ0) is 11.5. The van der Waals surface area contributed by atoms with Crippen molar-refractivity contribution in [3.8, 4) is 0 Å². The fourth-order valence-corrected chi connectivity index (χ4v) is 1.83. The number of rotatable bonds is 1. The maximum absolute atomic E-state index is 12.0. The van der Waals surface area contributed by atoms with Crippen LogP contribution in [0.15, 0.2) is 24.3 Å². The Hall–Kier alpha value is -1.10. The van der Waals surface area contributed by atoms with E-state index in [2.05, 4.69) is 0 Å². The number of nitrogens with zero attached hydrogens (tertiary/aromatic N) is 2. The van der Waals surface area contributed by atoms with Gasteiger partial charge in [-0.2, -0.15) is 0 Å². The van der Waals surface area contributed by atoms with Gasteiger partial charge in [0.25, 0.3) is 5.91 Å². The van der Waals surface area contributed by atoms with Gasteiger partial charge < -0.3 is 4.90 Å². The van der Waals surface area contributed by atoms with Gasteiger partial charge in [-0.1, -0.05) is 11.6 Å². The second-order valence-corrected chi connectivity index (χ2v) is 4.27. The second-order valence-electron chi connectivity index (χ2n) is 3.84. The fraction of sp³-hybridized carbons (Fsp3) is 0.364. The van der Waals surface area contributed by atoms with Crippen LogP contribution >= 0.6 is 11.6 Å². The average Bonchev–Trinajstić information content (AvgIpc) is 2.30. The molecule has 2 N–H and O–H groups in total. The average molecular weight is 240 g/mol. The molecule has 2 rings (SSSR count). The summed E-state index contributed by atoms with van der Waals surface area (Å²) in [6.07, 6.45) is 0. The SMILES string of the molecule is NN1CCN(C(=O)c2ccc(Cl)cc2)CC1. The number of hydrogen-bond donors (Lipinski definition) is 1. The van der Waals surface area contributed by atoms with E-state index in [0.29, 0.717) is 23.7 Å². The van der Waals surface area contributed by atoms with Crippen LogP contribution in [0, 0.1) is 0 Å². The van der Waals surface area contributed by atoms with Crippen molar-refractivity contribution in [3.63, 3.8) is 0 Å². The lowest BCUT2D eigenvalue weighted by molar-refractivity contribution is 0.0638. The Morgan fingerprint density at radius 2 is 1.69 bits per heavy atom. The molecule has 0 aliphatic carbocycles. The second kappa shape index (κ2) is 4.82. The summed E-state index contributed by atoms with van der Waals surface area (Å²) in [6, 6.07) is 6.96. The number of piperazine rings is 1. The molecule has 1 saturated heterocycles. The number of carbonyl (C=O) groups excluding carboxylic acids is 1. The van der Waals surface area contributed by atoms with Gasteiger partial charge in [-0.25, -0.2) is 5.01 Å². The normalized spacial score (nSPS) is 17.5. The Labute approximate surface area is 99.5 Å². The molecule has 1 aromatic carbocycles. The highest BCUT2D eigenvalue weighted by molar-refractivity contribution is 6.30. The topological polar surface area (TPSA) is 49.6 Å². The third-order valence-electron chi connectivity index (χ3n) is 2.69. The number of carbonyl (C=O) groups is 1. The van der Waals surface area contributed by atoms with E-state index >= 15 is 0 Å². The van der Waals surface area contributed by atoms with E-state index in [0.717, 1.165) is 13.1 Å². The van der Waals surface area contributed by atoms with Crippen molar-refractivity contribution in [2.24, 2.45) is 5.84 Å². The van der Waals surface area contributed by atoms with Crippen molar-refractivity contribution >= 4 is 17.5 Å². The first kappa shape index (κ1) is 11.4. The molecule has 4 nitrogen and oxygen atoms in total. The third-order valence-corrected chi connectivity index (χ3v) is 2.94. The van der Waals surface area contributed by atoms with Crippen LogP contribution in [0.25, 0.3) is 0 Å². The molecule has 0 bridgehead atoms. The Balaban J connectivity index is 2.05. The molecule has 1 aromatic rings. The van der Waals surface area contributed by atoms with Gasteiger partial charge in [-0.05, 0) is 24.3 Å². The van der Waals surface area contributed by atoms with Crippen molar-refractivity contribution < 1.29 is 4.79 Å². The fourth-order valence-electron chi connectivity index (χ4n) is 1.70. The highest BCUT2D eigenvalue weighted by atomic mass is 35.5. The lowest BCUT2D eigenvalue weighted by atomic mass is 10.2. The standard InChI is InChI=1S/C11H14ClN3O/c12-10-3-1-9(2-4-10)11(16)14-5-7-15(13)8-6-14/h1-4H,5-8,13H2. The Bertz CT molecular complexity index is 371. The molecule has 1 fully saturated rings. The van der Waals surface area contributed by atoms with Gasteiger partial charge in [0.2, 0.25) is 0 Å². The molecule has 0 aromatic heterocycles. The van der Waals surface area contributed by atoms with Gasteiger partial charge in [0, 0.05) is 36.8 Å². The molecule has 5 heteroatoms. The van der Waals surface area contributed by atoms with Gasteiger partial charge in [0.05, 0.1) is 0 Å². The van der Waals surface area contributed by atoms with Crippen LogP contribution in [-0.2, 0) is 0 Å². The minimum absolute atomic E-state index is 0.0461. The largest absolute Gasteiger partial charge is 0.336 e. The van der Waals surface area contributed by atoms with Crippen molar-refractivity contribution in [1.29, 1.82) is 0 Å². The number of nitrogens with two attached hydrogens (primary N) is 1. The van der Waals surface area contributed by atoms with Crippen LogP contribution < -0.4 is 5.84 Å². The lowest BCUT2D eigenvalue weighted by Gasteiger charge is -2.32. The molecule has 1 heterocycles. The molecule has 16 heavy (non-hydrogen) atoms. The summed E-state index contributed by atoms with van der Waals surface area (Å²) < 4.78 is 0. The zero-order valence-corrected chi connectivity index (χ0v) is 9.65. The molecule has 1 aliphatic heterocycles. The molecular formula is C11H14ClN3O. The van der Waals surface area contributed by atoms with Gasteiger partial charge in [-0.3, -0.25) is 10.6 Å². The molecule has 86 valence electrons. The number of hydrazine groups is 1. The Morgan fingerprint density at radius 3 is 2.25 bits per heavy atom. The summed E-state index contributed by atoms with van der Waals surface area (Å²) in [6.45, 7) is 2.80. The van der Waals surface area contributed by atoms with Crippen molar-refractivity contribution in [1.82, 2.24) is 9.91 Å². The van der Waals surface area contributed by atoms with E-state index in [-0.39, 0.29) is 5.91 Å². The summed E-state index contributed by atoms with van der Waals surface area (Å²) >= 11 is 5.77. The van der Waals surface area contributed by atoms with Crippen LogP contribution in [0.4, 0.5) is 0 Å². The van der Waals surface area contributed by atoms with E-state index in [1.54, 1.807) is 29.3 Å². The third kappa shape index (κ3) is 2.52. The minimum Gasteiger partial charge on any atom is -0.336 e. The molecule has 1 aliphatic rings. The Morgan fingerprint density at radius 1 is 1.12 bits per heavy atom. The van der Waals surface area contributed by atoms with Gasteiger partial charge >= 0.3 is 0 Å². The first-order valence-electron chi connectivity index (χ1n) is 5.21. The first-order chi connectivity index (χ1) is 7.66. The number of amides is 1. The van der Waals surface area contributed by atoms with Crippen LogP contribution in [0.3, 0.4) is 0 Å². The number of halogens is 1. The highest BCUT2D eigenvalue weighted by Crippen LogP contribution is 2.12. The first-order valence-corrected chi connectivity index (χ1v) is 5.59. The summed E-state index contributed by atoms with van der Waals surface area (Å²) in [4.78, 5) is 13.9. The maximum atomic E-state index is 12.0. The van der Waals surface area contributed by atoms with Crippen molar-refractivity contribution in [3.05, 3.63) is 34.9 Å². The monoisotopic (exact) mass is 239 g/mol. The van der Waals surface area contributed by atoms with Gasteiger partial charge in [-0.15, -0.1) is 0 Å². The van der Waals surface area contributed by atoms with E-state index in [4.69, 9.17) is 17.4 Å². The van der Waals surface area contributed by atoms with Gasteiger partial charge in [0.1, 0.15) is 0 Å². The van der Waals surface area contributed by atoms with Crippen LogP contribution in [0.2, 0.25) is 5.02 Å². The maximum Gasteiger partial charge on any atom is 0.253 e. The van der Waals surface area contributed by atoms with E-state index in [1.807, 2.05) is 4.90 Å². The quantitative estimate of drug-likeness (QED) is 0.743. The molecular weight excluding hydrogens is 226 g/mol. The Kier molecular flexibility index (Phi) is 3.43. The number of hydrogen-bond acceptors (Lipinski definition) is 3. The van der Waals surface area contributed by atoms with Crippen LogP contribution in [0.1, 0.15) is 10.4 Å². The molecule has 0 saturated carbocycles. The number of benzene rings is 1. The molecule has 0 radical (unpaired) electrons. The molecule has 1 amide bonds. The van der Waals surface area contributed by atoms with Gasteiger partial charge in [0.15, 0.2) is 0 Å². The summed E-state index contributed by atoms with van der Waals surface area (Å²) in [5.74, 6) is 5.68. The minimum atomic E-state index is 0.0461. The predicted molar refractivity (Wildman–Crippen MR) is 63.1 cm³/mol. The smallest absolute Gasteiger partial charge is 0.253 e. The summed E-state index contributed by atoms with van der Waals surface area (Å²) in [7, 11) is 0. The van der Waals surface area contributed by atoms with Crippen LogP contribution in [-0.4, -0.2) is 42.0 Å². The van der Waals surface area contributed by atoms with E-state index in [9.17, 15) is 4.79 Å². The molecule has 0 spiro atoms. The summed E-state index contributed by atoms with van der Waals surface area (Å²) in [5, 5.41) is 2.37. The summed E-state index contributed by atoms with van der Waals surface area (Å²) in [5.41, 5.74) is 0.676. The highest BCUT2D eigenvalue weighted by Gasteiger charge is 2.20. The van der Waals surface area contributed by atoms with E-state index < -0.39 is 0 Å². The predicted octanol–water partition coefficient (Wildman–Crippen LogP) is 0.972. The van der Waals surface area contributed by atoms with Crippen LogP contribution in [0.5, 0.6) is 0 Å². The molecule has 0 atom stereocenters. The molecule has 0 unspecified atom stereocenters. The zero-order valence-electron chi connectivity index (χ0n) is 8.90. The van der Waals surface area contributed by atoms with Crippen molar-refractivity contribution in [2.75, 3.05) is 26.2 Å². The van der Waals surface area contributed by atoms with Crippen molar-refractivity contribution in [2.45, 2.75) is 0 Å².